The lowest BCUT2D eigenvalue weighted by molar-refractivity contribution is -0.124. The molecule has 0 bridgehead atoms. The van der Waals surface area contributed by atoms with Crippen molar-refractivity contribution >= 4 is 17.5 Å². The highest BCUT2D eigenvalue weighted by Gasteiger charge is 2.18. The lowest BCUT2D eigenvalue weighted by atomic mass is 10.1. The topological polar surface area (TPSA) is 32.3 Å². The Morgan fingerprint density at radius 1 is 1.31 bits per heavy atom. The summed E-state index contributed by atoms with van der Waals surface area (Å²) in [5, 5.41) is 2.97. The van der Waals surface area contributed by atoms with Gasteiger partial charge in [-0.15, -0.1) is 11.6 Å². The molecule has 1 rings (SSSR count). The van der Waals surface area contributed by atoms with E-state index in [1.165, 1.54) is 32.4 Å². The van der Waals surface area contributed by atoms with Gasteiger partial charge in [-0.25, -0.2) is 0 Å². The van der Waals surface area contributed by atoms with Crippen molar-refractivity contribution in [1.82, 2.24) is 10.2 Å². The summed E-state index contributed by atoms with van der Waals surface area (Å²) in [6.45, 7) is 7.11. The number of nitrogens with one attached hydrogen (secondary N) is 1. The lowest BCUT2D eigenvalue weighted by Crippen LogP contribution is -2.45. The second-order valence-electron chi connectivity index (χ2n) is 4.75. The first-order valence-electron chi connectivity index (χ1n) is 6.23. The van der Waals surface area contributed by atoms with Crippen LogP contribution in [0.4, 0.5) is 0 Å². The molecule has 94 valence electrons. The van der Waals surface area contributed by atoms with Gasteiger partial charge in [0.1, 0.15) is 0 Å². The van der Waals surface area contributed by atoms with E-state index in [2.05, 4.69) is 17.1 Å². The van der Waals surface area contributed by atoms with E-state index < -0.39 is 0 Å². The van der Waals surface area contributed by atoms with Crippen molar-refractivity contribution in [3.05, 3.63) is 0 Å². The molecule has 1 aliphatic heterocycles. The van der Waals surface area contributed by atoms with Crippen LogP contribution in [-0.2, 0) is 4.79 Å². The van der Waals surface area contributed by atoms with E-state index in [1.54, 1.807) is 0 Å². The zero-order valence-electron chi connectivity index (χ0n) is 10.3. The van der Waals surface area contributed by atoms with E-state index >= 15 is 0 Å². The summed E-state index contributed by atoms with van der Waals surface area (Å²) in [6, 6.07) is 0.437. The first kappa shape index (κ1) is 13.8. The molecule has 1 heterocycles. The molecule has 2 atom stereocenters. The quantitative estimate of drug-likeness (QED) is 0.751. The van der Waals surface area contributed by atoms with Gasteiger partial charge in [0.2, 0.25) is 5.91 Å². The summed E-state index contributed by atoms with van der Waals surface area (Å²) >= 11 is 5.64. The van der Waals surface area contributed by atoms with Crippen molar-refractivity contribution in [2.24, 2.45) is 5.92 Å². The van der Waals surface area contributed by atoms with Gasteiger partial charge < -0.3 is 5.32 Å². The molecule has 0 aromatic heterocycles. The van der Waals surface area contributed by atoms with Crippen LogP contribution in [0.15, 0.2) is 0 Å². The molecular weight excluding hydrogens is 224 g/mol. The fraction of sp³-hybridized carbons (Fsp3) is 0.917. The third-order valence-corrected chi connectivity index (χ3v) is 3.73. The van der Waals surface area contributed by atoms with Crippen LogP contribution >= 0.6 is 11.6 Å². The van der Waals surface area contributed by atoms with E-state index in [0.29, 0.717) is 11.9 Å². The Morgan fingerprint density at radius 2 is 1.94 bits per heavy atom. The number of likely N-dealkylation sites (tertiary alicyclic amines) is 1. The van der Waals surface area contributed by atoms with Crippen LogP contribution in [0.3, 0.4) is 0 Å². The Kier molecular flexibility index (Phi) is 6.14. The van der Waals surface area contributed by atoms with Crippen molar-refractivity contribution < 1.29 is 4.79 Å². The van der Waals surface area contributed by atoms with E-state index in [9.17, 15) is 4.79 Å². The average molecular weight is 247 g/mol. The van der Waals surface area contributed by atoms with Gasteiger partial charge in [-0.1, -0.05) is 13.3 Å². The van der Waals surface area contributed by atoms with Crippen LogP contribution in [0.25, 0.3) is 0 Å². The Labute approximate surface area is 104 Å². The van der Waals surface area contributed by atoms with Gasteiger partial charge in [-0.2, -0.15) is 0 Å². The fourth-order valence-corrected chi connectivity index (χ4v) is 2.12. The van der Waals surface area contributed by atoms with Gasteiger partial charge >= 0.3 is 0 Å². The number of halogens is 1. The van der Waals surface area contributed by atoms with Crippen molar-refractivity contribution in [2.45, 2.75) is 39.2 Å². The maximum Gasteiger partial charge on any atom is 0.224 e. The predicted octanol–water partition coefficient (Wildman–Crippen LogP) is 1.85. The minimum Gasteiger partial charge on any atom is -0.354 e. The second kappa shape index (κ2) is 7.13. The molecule has 0 saturated carbocycles. The number of hydrogen-bond acceptors (Lipinski definition) is 2. The molecule has 3 nitrogen and oxygen atoms in total. The summed E-state index contributed by atoms with van der Waals surface area (Å²) < 4.78 is 0. The monoisotopic (exact) mass is 246 g/mol. The maximum absolute atomic E-state index is 11.5. The summed E-state index contributed by atoms with van der Waals surface area (Å²) in [5.41, 5.74) is 0. The fourth-order valence-electron chi connectivity index (χ4n) is 1.98. The van der Waals surface area contributed by atoms with Crippen LogP contribution in [0.5, 0.6) is 0 Å². The summed E-state index contributed by atoms with van der Waals surface area (Å²) in [6.07, 6.45) is 3.92. The van der Waals surface area contributed by atoms with Gasteiger partial charge in [0, 0.05) is 24.4 Å². The molecule has 1 N–H and O–H groups in total. The van der Waals surface area contributed by atoms with Crippen LogP contribution in [0, 0.1) is 5.92 Å². The number of rotatable bonds is 5. The normalized spacial score (nSPS) is 21.4. The zero-order chi connectivity index (χ0) is 12.0. The molecule has 16 heavy (non-hydrogen) atoms. The van der Waals surface area contributed by atoms with E-state index in [-0.39, 0.29) is 11.8 Å². The van der Waals surface area contributed by atoms with Crippen molar-refractivity contribution in [1.29, 1.82) is 0 Å². The molecule has 1 saturated heterocycles. The number of nitrogens with zero attached hydrogens (tertiary/aromatic N) is 1. The minimum absolute atomic E-state index is 0.0684. The van der Waals surface area contributed by atoms with Gasteiger partial charge in [-0.3, -0.25) is 9.69 Å². The highest BCUT2D eigenvalue weighted by Crippen LogP contribution is 2.11. The third kappa shape index (κ3) is 4.30. The third-order valence-electron chi connectivity index (χ3n) is 3.26. The molecule has 0 radical (unpaired) electrons. The first-order chi connectivity index (χ1) is 7.65. The standard InChI is InChI=1S/C12H23ClN2O/c1-10(8-13)12(16)14-9-11(2)15-6-4-3-5-7-15/h10-11H,3-9H2,1-2H3,(H,14,16). The first-order valence-corrected chi connectivity index (χ1v) is 6.76. The van der Waals surface area contributed by atoms with Gasteiger partial charge in [0.15, 0.2) is 0 Å². The smallest absolute Gasteiger partial charge is 0.224 e. The van der Waals surface area contributed by atoms with Crippen LogP contribution in [0.2, 0.25) is 0 Å². The average Bonchev–Trinajstić information content (AvgIpc) is 2.35. The summed E-state index contributed by atoms with van der Waals surface area (Å²) in [4.78, 5) is 14.0. The Hall–Kier alpha value is -0.280. The van der Waals surface area contributed by atoms with Crippen LogP contribution in [-0.4, -0.2) is 42.4 Å². The number of hydrogen-bond donors (Lipinski definition) is 1. The molecule has 0 aliphatic carbocycles. The molecule has 1 aliphatic rings. The van der Waals surface area contributed by atoms with Crippen LogP contribution in [0.1, 0.15) is 33.1 Å². The van der Waals surface area contributed by atoms with E-state index in [4.69, 9.17) is 11.6 Å². The van der Waals surface area contributed by atoms with Gasteiger partial charge in [-0.05, 0) is 32.9 Å². The van der Waals surface area contributed by atoms with Gasteiger partial charge in [0.25, 0.3) is 0 Å². The molecule has 0 aromatic carbocycles. The highest BCUT2D eigenvalue weighted by molar-refractivity contribution is 6.19. The van der Waals surface area contributed by atoms with Gasteiger partial charge in [0.05, 0.1) is 0 Å². The maximum atomic E-state index is 11.5. The molecule has 2 unspecified atom stereocenters. The van der Waals surface area contributed by atoms with E-state index in [0.717, 1.165) is 6.54 Å². The molecular formula is C12H23ClN2O. The molecule has 4 heteroatoms. The molecule has 0 spiro atoms. The Bertz CT molecular complexity index is 217. The molecule has 1 amide bonds. The molecule has 1 fully saturated rings. The second-order valence-corrected chi connectivity index (χ2v) is 5.05. The van der Waals surface area contributed by atoms with Crippen molar-refractivity contribution in [2.75, 3.05) is 25.5 Å². The van der Waals surface area contributed by atoms with Crippen molar-refractivity contribution in [3.8, 4) is 0 Å². The predicted molar refractivity (Wildman–Crippen MR) is 67.8 cm³/mol. The minimum atomic E-state index is -0.0878. The highest BCUT2D eigenvalue weighted by atomic mass is 35.5. The summed E-state index contributed by atoms with van der Waals surface area (Å²) in [7, 11) is 0. The number of carbonyl (C=O) groups excluding carboxylic acids is 1. The van der Waals surface area contributed by atoms with Crippen LogP contribution < -0.4 is 5.32 Å². The number of alkyl halides is 1. The summed E-state index contributed by atoms with van der Waals surface area (Å²) in [5.74, 6) is 0.373. The number of carbonyl (C=O) groups is 1. The molecule has 0 aromatic rings. The van der Waals surface area contributed by atoms with Crippen molar-refractivity contribution in [3.63, 3.8) is 0 Å². The lowest BCUT2D eigenvalue weighted by Gasteiger charge is -2.32. The Morgan fingerprint density at radius 3 is 2.50 bits per heavy atom. The van der Waals surface area contributed by atoms with E-state index in [1.807, 2.05) is 6.92 Å². The largest absolute Gasteiger partial charge is 0.354 e. The Balaban J connectivity index is 2.23. The number of amides is 1. The number of piperidine rings is 1. The SMILES string of the molecule is CC(CCl)C(=O)NCC(C)N1CCCCC1. The zero-order valence-corrected chi connectivity index (χ0v) is 11.1.